The Kier molecular flexibility index (Phi) is 6.22. The molecule has 0 aliphatic carbocycles. The monoisotopic (exact) mass is 164 g/mol. The average molecular weight is 165 g/mol. The van der Waals surface area contributed by atoms with Crippen molar-refractivity contribution in [3.63, 3.8) is 0 Å². The van der Waals surface area contributed by atoms with Crippen molar-refractivity contribution < 1.29 is 14.3 Å². The van der Waals surface area contributed by atoms with Crippen molar-refractivity contribution in [2.24, 2.45) is 0 Å². The van der Waals surface area contributed by atoms with Gasteiger partial charge < -0.3 is 9.47 Å². The number of carbonyl (C=O) groups excluding carboxylic acids is 1. The number of esters is 1. The lowest BCUT2D eigenvalue weighted by atomic mass is 10.5. The fourth-order valence-electron chi connectivity index (χ4n) is 0.325. The van der Waals surface area contributed by atoms with Crippen LogP contribution in [0.3, 0.4) is 0 Å². The van der Waals surface area contributed by atoms with Crippen molar-refractivity contribution in [2.45, 2.75) is 0 Å². The zero-order valence-corrected chi connectivity index (χ0v) is 6.43. The van der Waals surface area contributed by atoms with E-state index in [0.29, 0.717) is 6.61 Å². The summed E-state index contributed by atoms with van der Waals surface area (Å²) in [5.74, 6) is -0.391. The number of methoxy groups -OCH3 is 1. The van der Waals surface area contributed by atoms with Gasteiger partial charge in [-0.2, -0.15) is 0 Å². The second kappa shape index (κ2) is 6.58. The Hall–Kier alpha value is -0.540. The van der Waals surface area contributed by atoms with Crippen LogP contribution in [0.4, 0.5) is 0 Å². The van der Waals surface area contributed by atoms with Crippen LogP contribution in [-0.4, -0.2) is 25.8 Å². The van der Waals surface area contributed by atoms with Gasteiger partial charge in [-0.3, -0.25) is 0 Å². The van der Waals surface area contributed by atoms with Crippen LogP contribution in [0.15, 0.2) is 12.2 Å². The van der Waals surface area contributed by atoms with E-state index >= 15 is 0 Å². The van der Waals surface area contributed by atoms with Crippen LogP contribution >= 0.6 is 11.6 Å². The first-order chi connectivity index (χ1) is 4.81. The summed E-state index contributed by atoms with van der Waals surface area (Å²) in [5.41, 5.74) is 0. The van der Waals surface area contributed by atoms with E-state index in [2.05, 4.69) is 4.74 Å². The second-order valence-electron chi connectivity index (χ2n) is 1.41. The molecule has 0 radical (unpaired) electrons. The first kappa shape index (κ1) is 9.46. The first-order valence-electron chi connectivity index (χ1n) is 2.69. The molecule has 0 heterocycles. The molecule has 0 aliphatic rings. The molecule has 0 saturated heterocycles. The Morgan fingerprint density at radius 3 is 2.90 bits per heavy atom. The minimum absolute atomic E-state index is 0.130. The third-order valence-corrected chi connectivity index (χ3v) is 0.901. The quantitative estimate of drug-likeness (QED) is 0.268. The van der Waals surface area contributed by atoms with E-state index in [9.17, 15) is 4.79 Å². The van der Waals surface area contributed by atoms with Gasteiger partial charge in [0.1, 0.15) is 6.07 Å². The molecule has 0 saturated carbocycles. The Bertz CT molecular complexity index is 122. The highest BCUT2D eigenvalue weighted by molar-refractivity contribution is 6.17. The Morgan fingerprint density at radius 1 is 1.70 bits per heavy atom. The minimum atomic E-state index is -0.391. The molecule has 0 aromatic carbocycles. The van der Waals surface area contributed by atoms with E-state index in [1.807, 2.05) is 0 Å². The van der Waals surface area contributed by atoms with Gasteiger partial charge in [-0.25, -0.2) is 4.79 Å². The van der Waals surface area contributed by atoms with Gasteiger partial charge in [0, 0.05) is 6.08 Å². The van der Waals surface area contributed by atoms with Gasteiger partial charge in [-0.15, -0.1) is 0 Å². The number of halogens is 1. The van der Waals surface area contributed by atoms with Gasteiger partial charge in [0.25, 0.3) is 0 Å². The Morgan fingerprint density at radius 2 is 2.40 bits per heavy atom. The van der Waals surface area contributed by atoms with Gasteiger partial charge in [0.05, 0.1) is 13.7 Å². The normalized spacial score (nSPS) is 10.2. The van der Waals surface area contributed by atoms with E-state index in [1.54, 1.807) is 0 Å². The predicted molar refractivity (Wildman–Crippen MR) is 37.8 cm³/mol. The highest BCUT2D eigenvalue weighted by Crippen LogP contribution is 1.82. The topological polar surface area (TPSA) is 35.5 Å². The summed E-state index contributed by atoms with van der Waals surface area (Å²) in [4.78, 5) is 10.4. The van der Waals surface area contributed by atoms with Crippen molar-refractivity contribution >= 4 is 17.6 Å². The third-order valence-electron chi connectivity index (χ3n) is 0.746. The number of rotatable bonds is 4. The van der Waals surface area contributed by atoms with Crippen molar-refractivity contribution in [1.82, 2.24) is 0 Å². The Labute approximate surface area is 64.6 Å². The number of ether oxygens (including phenoxy) is 2. The average Bonchev–Trinajstić information content (AvgIpc) is 1.98. The molecule has 0 fully saturated rings. The number of alkyl halides is 1. The minimum Gasteiger partial charge on any atom is -0.466 e. The third kappa shape index (κ3) is 5.59. The summed E-state index contributed by atoms with van der Waals surface area (Å²) in [6.07, 6.45) is 2.82. The highest BCUT2D eigenvalue weighted by atomic mass is 35.5. The van der Waals surface area contributed by atoms with Gasteiger partial charge in [0.15, 0.2) is 0 Å². The lowest BCUT2D eigenvalue weighted by molar-refractivity contribution is -0.134. The zero-order chi connectivity index (χ0) is 7.82. The highest BCUT2D eigenvalue weighted by Gasteiger charge is 1.87. The number of hydrogen-bond acceptors (Lipinski definition) is 3. The van der Waals surface area contributed by atoms with E-state index in [0.717, 1.165) is 0 Å². The van der Waals surface area contributed by atoms with Crippen molar-refractivity contribution in [1.29, 1.82) is 0 Å². The van der Waals surface area contributed by atoms with Crippen molar-refractivity contribution in [2.75, 3.05) is 19.8 Å². The molecule has 0 aliphatic heterocycles. The summed E-state index contributed by atoms with van der Waals surface area (Å²) in [6.45, 7) is 0.332. The molecule has 0 amide bonds. The smallest absolute Gasteiger partial charge is 0.330 e. The molecule has 0 rings (SSSR count). The maximum absolute atomic E-state index is 10.4. The molecule has 4 heteroatoms. The van der Waals surface area contributed by atoms with E-state index in [-0.39, 0.29) is 6.07 Å². The summed E-state index contributed by atoms with van der Waals surface area (Å²) in [5, 5.41) is 0. The molecule has 10 heavy (non-hydrogen) atoms. The van der Waals surface area contributed by atoms with E-state index in [1.165, 1.54) is 19.3 Å². The molecule has 58 valence electrons. The molecule has 3 nitrogen and oxygen atoms in total. The van der Waals surface area contributed by atoms with Crippen molar-refractivity contribution in [3.05, 3.63) is 12.2 Å². The van der Waals surface area contributed by atoms with Gasteiger partial charge in [-0.05, 0) is 0 Å². The van der Waals surface area contributed by atoms with Gasteiger partial charge >= 0.3 is 5.97 Å². The van der Waals surface area contributed by atoms with Crippen LogP contribution in [0.5, 0.6) is 0 Å². The molecule has 0 aromatic rings. The Balaban J connectivity index is 3.27. The summed E-state index contributed by atoms with van der Waals surface area (Å²) in [6, 6.07) is 0.130. The lowest BCUT2D eigenvalue weighted by Gasteiger charge is -1.91. The first-order valence-corrected chi connectivity index (χ1v) is 3.23. The predicted octanol–water partition coefficient (Wildman–Crippen LogP) is 0.928. The van der Waals surface area contributed by atoms with Crippen LogP contribution in [0.2, 0.25) is 0 Å². The molecular formula is C6H9ClO3. The second-order valence-corrected chi connectivity index (χ2v) is 1.62. The van der Waals surface area contributed by atoms with Gasteiger partial charge in [-0.1, -0.05) is 17.7 Å². The fourth-order valence-corrected chi connectivity index (χ4v) is 0.414. The molecule has 0 aromatic heterocycles. The lowest BCUT2D eigenvalue weighted by Crippen LogP contribution is -1.95. The standard InChI is InChI=1S/C6H9ClO3/c1-9-6(8)3-2-4-10-5-7/h2-3H,4-5H2,1H3. The molecular weight excluding hydrogens is 156 g/mol. The maximum Gasteiger partial charge on any atom is 0.330 e. The molecule has 0 bridgehead atoms. The van der Waals surface area contributed by atoms with Gasteiger partial charge in [0.2, 0.25) is 0 Å². The number of hydrogen-bond donors (Lipinski definition) is 0. The van der Waals surface area contributed by atoms with E-state index < -0.39 is 5.97 Å². The van der Waals surface area contributed by atoms with E-state index in [4.69, 9.17) is 16.3 Å². The summed E-state index contributed by atoms with van der Waals surface area (Å²) < 4.78 is 9.02. The van der Waals surface area contributed by atoms with Crippen LogP contribution in [0.25, 0.3) is 0 Å². The molecule has 0 spiro atoms. The van der Waals surface area contributed by atoms with Crippen LogP contribution < -0.4 is 0 Å². The summed E-state index contributed by atoms with van der Waals surface area (Å²) in [7, 11) is 1.31. The number of carbonyl (C=O) groups is 1. The maximum atomic E-state index is 10.4. The largest absolute Gasteiger partial charge is 0.466 e. The van der Waals surface area contributed by atoms with Crippen molar-refractivity contribution in [3.8, 4) is 0 Å². The SMILES string of the molecule is COC(=O)C=CCOCCl. The molecule has 0 atom stereocenters. The molecule has 0 unspecified atom stereocenters. The molecule has 0 N–H and O–H groups in total. The van der Waals surface area contributed by atoms with Crippen LogP contribution in [-0.2, 0) is 14.3 Å². The zero-order valence-electron chi connectivity index (χ0n) is 5.67. The summed E-state index contributed by atoms with van der Waals surface area (Å²) >= 11 is 5.18. The van der Waals surface area contributed by atoms with Crippen LogP contribution in [0, 0.1) is 0 Å². The fraction of sp³-hybridized carbons (Fsp3) is 0.500. The van der Waals surface area contributed by atoms with Crippen LogP contribution in [0.1, 0.15) is 0 Å².